The number of hydrogen-bond acceptors (Lipinski definition) is 1. The van der Waals surface area contributed by atoms with E-state index in [4.69, 9.17) is 0 Å². The molecule has 0 spiro atoms. The molecule has 1 aromatic heterocycles. The number of fused-ring (bicyclic) bond motifs is 4. The van der Waals surface area contributed by atoms with Gasteiger partial charge in [-0.05, 0) is 33.7 Å². The molecule has 5 rings (SSSR count). The topological polar surface area (TPSA) is 20.9 Å². The molecule has 2 heteroatoms. The highest BCUT2D eigenvalue weighted by Gasteiger charge is 2.18. The minimum Gasteiger partial charge on any atom is -0.287 e. The maximum Gasteiger partial charge on any atom is 0.228 e. The summed E-state index contributed by atoms with van der Waals surface area (Å²) in [7, 11) is 0. The van der Waals surface area contributed by atoms with Gasteiger partial charge in [-0.15, -0.1) is 0 Å². The number of carbonyl (C=O) groups is 1. The van der Waals surface area contributed by atoms with Crippen LogP contribution in [0.15, 0.2) is 97.2 Å². The number of hydrogen-bond donors (Lipinski definition) is 0. The minimum atomic E-state index is 0.123. The van der Waals surface area contributed by atoms with Crippen LogP contribution in [0, 0.1) is 0 Å². The maximum absolute atomic E-state index is 13.1. The van der Waals surface area contributed by atoms with Crippen molar-refractivity contribution in [2.45, 2.75) is 6.54 Å². The number of rotatable bonds is 3. The number of benzene rings is 4. The lowest BCUT2D eigenvalue weighted by Crippen LogP contribution is -2.38. The molecule has 2 nitrogen and oxygen atoms in total. The van der Waals surface area contributed by atoms with Gasteiger partial charge in [-0.25, -0.2) is 0 Å². The fourth-order valence-corrected chi connectivity index (χ4v) is 3.88. The average molecular weight is 348 g/mol. The van der Waals surface area contributed by atoms with Crippen molar-refractivity contribution in [3.8, 4) is 0 Å². The largest absolute Gasteiger partial charge is 0.287 e. The third-order valence-electron chi connectivity index (χ3n) is 5.19. The van der Waals surface area contributed by atoms with Crippen LogP contribution < -0.4 is 4.57 Å². The van der Waals surface area contributed by atoms with Gasteiger partial charge >= 0.3 is 0 Å². The standard InChI is InChI=1S/C25H18NO/c27-25(23-12-5-9-18-7-1-4-11-21(18)23)17-26-16-6-13-22-20-10-3-2-8-19(20)14-15-24(22)26/h1-16H,17H2/q+1. The zero-order chi connectivity index (χ0) is 18.2. The number of pyridine rings is 1. The van der Waals surface area contributed by atoms with E-state index < -0.39 is 0 Å². The van der Waals surface area contributed by atoms with Gasteiger partial charge in [0.2, 0.25) is 17.8 Å². The van der Waals surface area contributed by atoms with E-state index in [1.54, 1.807) is 0 Å². The Morgan fingerprint density at radius 3 is 2.15 bits per heavy atom. The summed E-state index contributed by atoms with van der Waals surface area (Å²) < 4.78 is 2.05. The molecule has 0 saturated heterocycles. The van der Waals surface area contributed by atoms with Gasteiger partial charge in [-0.3, -0.25) is 4.79 Å². The van der Waals surface area contributed by atoms with Crippen LogP contribution in [0.5, 0.6) is 0 Å². The highest BCUT2D eigenvalue weighted by atomic mass is 16.1. The summed E-state index contributed by atoms with van der Waals surface area (Å²) in [6.07, 6.45) is 1.99. The second-order valence-electron chi connectivity index (χ2n) is 6.81. The van der Waals surface area contributed by atoms with Gasteiger partial charge in [0.05, 0.1) is 5.39 Å². The number of aromatic nitrogens is 1. The van der Waals surface area contributed by atoms with E-state index in [0.29, 0.717) is 6.54 Å². The summed E-state index contributed by atoms with van der Waals surface area (Å²) in [5.41, 5.74) is 1.85. The summed E-state index contributed by atoms with van der Waals surface area (Å²) in [5.74, 6) is 0.123. The van der Waals surface area contributed by atoms with Crippen LogP contribution in [-0.4, -0.2) is 5.78 Å². The first-order valence-electron chi connectivity index (χ1n) is 9.12. The smallest absolute Gasteiger partial charge is 0.228 e. The molecule has 5 aromatic rings. The molecule has 0 radical (unpaired) electrons. The predicted molar refractivity (Wildman–Crippen MR) is 110 cm³/mol. The van der Waals surface area contributed by atoms with Crippen molar-refractivity contribution in [1.29, 1.82) is 0 Å². The van der Waals surface area contributed by atoms with E-state index in [1.807, 2.05) is 59.3 Å². The van der Waals surface area contributed by atoms with Crippen molar-refractivity contribution in [3.63, 3.8) is 0 Å². The quantitative estimate of drug-likeness (QED) is 0.246. The fraction of sp³-hybridized carbons (Fsp3) is 0.0400. The number of nitrogens with zero attached hydrogens (tertiary/aromatic N) is 1. The average Bonchev–Trinajstić information content (AvgIpc) is 2.73. The van der Waals surface area contributed by atoms with Crippen LogP contribution in [0.2, 0.25) is 0 Å². The van der Waals surface area contributed by atoms with Crippen LogP contribution in [0.25, 0.3) is 32.4 Å². The predicted octanol–water partition coefficient (Wildman–Crippen LogP) is 5.32. The van der Waals surface area contributed by atoms with E-state index in [9.17, 15) is 4.79 Å². The molecular weight excluding hydrogens is 330 g/mol. The Morgan fingerprint density at radius 2 is 1.30 bits per heavy atom. The highest BCUT2D eigenvalue weighted by molar-refractivity contribution is 6.08. The summed E-state index contributed by atoms with van der Waals surface area (Å²) in [4.78, 5) is 13.1. The maximum atomic E-state index is 13.1. The normalized spacial score (nSPS) is 11.3. The Labute approximate surface area is 157 Å². The third kappa shape index (κ3) is 2.67. The van der Waals surface area contributed by atoms with Crippen molar-refractivity contribution < 1.29 is 9.36 Å². The molecule has 1 heterocycles. The monoisotopic (exact) mass is 348 g/mol. The van der Waals surface area contributed by atoms with E-state index in [2.05, 4.69) is 42.5 Å². The van der Waals surface area contributed by atoms with Crippen LogP contribution in [0.3, 0.4) is 0 Å². The van der Waals surface area contributed by atoms with Crippen molar-refractivity contribution in [2.75, 3.05) is 0 Å². The SMILES string of the molecule is O=C(C[n+]1cccc2c3ccccc3ccc21)c1cccc2ccccc12. The highest BCUT2D eigenvalue weighted by Crippen LogP contribution is 2.23. The van der Waals surface area contributed by atoms with Crippen molar-refractivity contribution in [1.82, 2.24) is 0 Å². The van der Waals surface area contributed by atoms with Gasteiger partial charge in [-0.2, -0.15) is 4.57 Å². The molecule has 0 fully saturated rings. The molecule has 27 heavy (non-hydrogen) atoms. The van der Waals surface area contributed by atoms with Crippen LogP contribution in [0.1, 0.15) is 10.4 Å². The van der Waals surface area contributed by atoms with E-state index in [0.717, 1.165) is 21.9 Å². The van der Waals surface area contributed by atoms with Crippen LogP contribution in [-0.2, 0) is 6.54 Å². The minimum absolute atomic E-state index is 0.123. The van der Waals surface area contributed by atoms with Crippen molar-refractivity contribution >= 4 is 38.2 Å². The first-order chi connectivity index (χ1) is 13.3. The van der Waals surface area contributed by atoms with Crippen molar-refractivity contribution in [3.05, 3.63) is 103 Å². The van der Waals surface area contributed by atoms with Gasteiger partial charge < -0.3 is 0 Å². The molecule has 128 valence electrons. The molecule has 0 unspecified atom stereocenters. The molecule has 0 bridgehead atoms. The molecule has 4 aromatic carbocycles. The van der Waals surface area contributed by atoms with E-state index in [-0.39, 0.29) is 5.78 Å². The van der Waals surface area contributed by atoms with Crippen LogP contribution in [0.4, 0.5) is 0 Å². The van der Waals surface area contributed by atoms with E-state index >= 15 is 0 Å². The summed E-state index contributed by atoms with van der Waals surface area (Å²) in [5, 5.41) is 5.69. The lowest BCUT2D eigenvalue weighted by molar-refractivity contribution is -0.657. The summed E-state index contributed by atoms with van der Waals surface area (Å²) in [6.45, 7) is 0.323. The third-order valence-corrected chi connectivity index (χ3v) is 5.19. The molecule has 0 atom stereocenters. The molecule has 0 amide bonds. The van der Waals surface area contributed by atoms with E-state index in [1.165, 1.54) is 16.2 Å². The first-order valence-corrected chi connectivity index (χ1v) is 9.12. The Bertz CT molecular complexity index is 1310. The first kappa shape index (κ1) is 15.7. The molecule has 0 aliphatic rings. The Balaban J connectivity index is 1.62. The second-order valence-corrected chi connectivity index (χ2v) is 6.81. The summed E-state index contributed by atoms with van der Waals surface area (Å²) in [6, 6.07) is 30.7. The summed E-state index contributed by atoms with van der Waals surface area (Å²) >= 11 is 0. The van der Waals surface area contributed by atoms with Gasteiger partial charge in [0, 0.05) is 17.7 Å². The zero-order valence-corrected chi connectivity index (χ0v) is 14.8. The lowest BCUT2D eigenvalue weighted by atomic mass is 10.0. The Kier molecular flexibility index (Phi) is 3.68. The molecule has 0 saturated carbocycles. The number of carbonyl (C=O) groups excluding carboxylic acids is 1. The van der Waals surface area contributed by atoms with Gasteiger partial charge in [0.1, 0.15) is 0 Å². The number of Topliss-reactive ketones (excluding diaryl/α,β-unsaturated/α-hetero) is 1. The fourth-order valence-electron chi connectivity index (χ4n) is 3.88. The lowest BCUT2D eigenvalue weighted by Gasteiger charge is -2.06. The molecule has 0 N–H and O–H groups in total. The zero-order valence-electron chi connectivity index (χ0n) is 14.8. The van der Waals surface area contributed by atoms with Crippen molar-refractivity contribution in [2.24, 2.45) is 0 Å². The van der Waals surface area contributed by atoms with Gasteiger partial charge in [-0.1, -0.05) is 66.7 Å². The second kappa shape index (κ2) is 6.33. The molecular formula is C25H18NO+. The molecule has 0 aliphatic carbocycles. The Hall–Kier alpha value is -3.52. The van der Waals surface area contributed by atoms with Gasteiger partial charge in [0.15, 0.2) is 6.20 Å². The number of ketones is 1. The molecule has 0 aliphatic heterocycles. The van der Waals surface area contributed by atoms with Crippen LogP contribution >= 0.6 is 0 Å². The Morgan fingerprint density at radius 1 is 0.630 bits per heavy atom. The van der Waals surface area contributed by atoms with Gasteiger partial charge in [0.25, 0.3) is 0 Å².